The predicted octanol–water partition coefficient (Wildman–Crippen LogP) is 2.36. The summed E-state index contributed by atoms with van der Waals surface area (Å²) in [5.74, 6) is 0.629. The maximum atomic E-state index is 12.3. The van der Waals surface area contributed by atoms with Gasteiger partial charge in [0.2, 0.25) is 0 Å². The molecule has 3 rings (SSSR count). The number of hydrogen-bond donors (Lipinski definition) is 0. The SMILES string of the molecule is Cc1ccc(Cn2nc(C)c3c(C)onc3c2=O)cc1. The van der Waals surface area contributed by atoms with Gasteiger partial charge in [-0.25, -0.2) is 4.68 Å². The molecule has 0 saturated carbocycles. The van der Waals surface area contributed by atoms with E-state index in [0.29, 0.717) is 17.8 Å². The molecule has 0 radical (unpaired) electrons. The molecule has 0 saturated heterocycles. The van der Waals surface area contributed by atoms with Crippen molar-refractivity contribution in [2.24, 2.45) is 0 Å². The fourth-order valence-corrected chi connectivity index (χ4v) is 2.32. The summed E-state index contributed by atoms with van der Waals surface area (Å²) in [6.07, 6.45) is 0. The summed E-state index contributed by atoms with van der Waals surface area (Å²) < 4.78 is 6.53. The Balaban J connectivity index is 2.10. The highest BCUT2D eigenvalue weighted by molar-refractivity contribution is 5.81. The topological polar surface area (TPSA) is 60.9 Å². The monoisotopic (exact) mass is 269 g/mol. The van der Waals surface area contributed by atoms with Gasteiger partial charge in [0, 0.05) is 0 Å². The Labute approximate surface area is 115 Å². The molecule has 3 aromatic rings. The molecule has 2 heterocycles. The summed E-state index contributed by atoms with van der Waals surface area (Å²) in [4.78, 5) is 12.3. The van der Waals surface area contributed by atoms with Crippen LogP contribution in [0, 0.1) is 20.8 Å². The van der Waals surface area contributed by atoms with Gasteiger partial charge in [-0.3, -0.25) is 4.79 Å². The Morgan fingerprint density at radius 1 is 1.15 bits per heavy atom. The van der Waals surface area contributed by atoms with E-state index in [1.54, 1.807) is 6.92 Å². The van der Waals surface area contributed by atoms with E-state index in [1.165, 1.54) is 10.2 Å². The van der Waals surface area contributed by atoms with Crippen LogP contribution in [-0.2, 0) is 6.54 Å². The maximum Gasteiger partial charge on any atom is 0.297 e. The van der Waals surface area contributed by atoms with E-state index in [0.717, 1.165) is 16.6 Å². The standard InChI is InChI=1S/C15H15N3O2/c1-9-4-6-12(7-5-9)8-18-15(19)14-13(10(2)16-18)11(3)20-17-14/h4-7H,8H2,1-3H3. The first-order valence-corrected chi connectivity index (χ1v) is 6.45. The van der Waals surface area contributed by atoms with E-state index >= 15 is 0 Å². The summed E-state index contributed by atoms with van der Waals surface area (Å²) in [6, 6.07) is 8.03. The number of fused-ring (bicyclic) bond motifs is 1. The van der Waals surface area contributed by atoms with Crippen molar-refractivity contribution in [2.45, 2.75) is 27.3 Å². The molecule has 5 nitrogen and oxygen atoms in total. The number of nitrogens with zero attached hydrogens (tertiary/aromatic N) is 3. The smallest absolute Gasteiger partial charge is 0.297 e. The Morgan fingerprint density at radius 2 is 1.85 bits per heavy atom. The molecule has 1 aromatic carbocycles. The molecule has 0 spiro atoms. The molecule has 20 heavy (non-hydrogen) atoms. The quantitative estimate of drug-likeness (QED) is 0.716. The van der Waals surface area contributed by atoms with Crippen molar-refractivity contribution in [2.75, 3.05) is 0 Å². The molecule has 0 aliphatic heterocycles. The maximum absolute atomic E-state index is 12.3. The van der Waals surface area contributed by atoms with E-state index in [4.69, 9.17) is 4.52 Å². The number of hydrogen-bond acceptors (Lipinski definition) is 4. The second-order valence-corrected chi connectivity index (χ2v) is 5.00. The number of aromatic nitrogens is 3. The van der Waals surface area contributed by atoms with Gasteiger partial charge < -0.3 is 4.52 Å². The van der Waals surface area contributed by atoms with Crippen molar-refractivity contribution < 1.29 is 4.52 Å². The first-order valence-electron chi connectivity index (χ1n) is 6.45. The van der Waals surface area contributed by atoms with Crippen LogP contribution in [0.5, 0.6) is 0 Å². The molecular weight excluding hydrogens is 254 g/mol. The van der Waals surface area contributed by atoms with Gasteiger partial charge in [-0.1, -0.05) is 35.0 Å². The van der Waals surface area contributed by atoms with Crippen LogP contribution in [-0.4, -0.2) is 14.9 Å². The van der Waals surface area contributed by atoms with Crippen molar-refractivity contribution in [3.05, 3.63) is 57.2 Å². The zero-order chi connectivity index (χ0) is 14.3. The first-order chi connectivity index (χ1) is 9.56. The molecule has 0 atom stereocenters. The molecule has 0 bridgehead atoms. The zero-order valence-corrected chi connectivity index (χ0v) is 11.7. The van der Waals surface area contributed by atoms with Crippen molar-refractivity contribution in [3.63, 3.8) is 0 Å². The third kappa shape index (κ3) is 2.01. The first kappa shape index (κ1) is 12.6. The summed E-state index contributed by atoms with van der Waals surface area (Å²) in [5.41, 5.74) is 3.10. The van der Waals surface area contributed by atoms with E-state index in [9.17, 15) is 4.79 Å². The van der Waals surface area contributed by atoms with Crippen LogP contribution in [0.3, 0.4) is 0 Å². The summed E-state index contributed by atoms with van der Waals surface area (Å²) in [6.45, 7) is 6.11. The Kier molecular flexibility index (Phi) is 2.89. The second-order valence-electron chi connectivity index (χ2n) is 5.00. The van der Waals surface area contributed by atoms with Crippen molar-refractivity contribution in [1.82, 2.24) is 14.9 Å². The molecule has 5 heteroatoms. The van der Waals surface area contributed by atoms with E-state index in [2.05, 4.69) is 10.3 Å². The highest BCUT2D eigenvalue weighted by Crippen LogP contribution is 2.16. The fourth-order valence-electron chi connectivity index (χ4n) is 2.32. The van der Waals surface area contributed by atoms with Crippen molar-refractivity contribution >= 4 is 10.9 Å². The highest BCUT2D eigenvalue weighted by atomic mass is 16.5. The van der Waals surface area contributed by atoms with Gasteiger partial charge in [0.1, 0.15) is 5.76 Å². The molecule has 0 amide bonds. The summed E-state index contributed by atoms with van der Waals surface area (Å²) in [7, 11) is 0. The van der Waals surface area contributed by atoms with Gasteiger partial charge in [0.05, 0.1) is 17.6 Å². The van der Waals surface area contributed by atoms with Crippen LogP contribution in [0.1, 0.15) is 22.6 Å². The third-order valence-corrected chi connectivity index (χ3v) is 3.39. The molecule has 2 aromatic heterocycles. The largest absolute Gasteiger partial charge is 0.360 e. The van der Waals surface area contributed by atoms with Gasteiger partial charge in [-0.15, -0.1) is 0 Å². The lowest BCUT2D eigenvalue weighted by Crippen LogP contribution is -2.24. The van der Waals surface area contributed by atoms with Gasteiger partial charge in [0.15, 0.2) is 5.52 Å². The van der Waals surface area contributed by atoms with Crippen LogP contribution in [0.15, 0.2) is 33.6 Å². The Morgan fingerprint density at radius 3 is 2.55 bits per heavy atom. The minimum atomic E-state index is -0.219. The highest BCUT2D eigenvalue weighted by Gasteiger charge is 2.14. The van der Waals surface area contributed by atoms with Crippen LogP contribution in [0.2, 0.25) is 0 Å². The minimum absolute atomic E-state index is 0.219. The minimum Gasteiger partial charge on any atom is -0.360 e. The van der Waals surface area contributed by atoms with Crippen molar-refractivity contribution in [3.8, 4) is 0 Å². The number of aryl methyl sites for hydroxylation is 3. The lowest BCUT2D eigenvalue weighted by atomic mass is 10.1. The van der Waals surface area contributed by atoms with Gasteiger partial charge >= 0.3 is 0 Å². The van der Waals surface area contributed by atoms with E-state index < -0.39 is 0 Å². The van der Waals surface area contributed by atoms with Gasteiger partial charge in [-0.05, 0) is 26.3 Å². The Hall–Kier alpha value is -2.43. The summed E-state index contributed by atoms with van der Waals surface area (Å²) in [5, 5.41) is 8.92. The molecule has 0 aliphatic carbocycles. The Bertz CT molecular complexity index is 829. The van der Waals surface area contributed by atoms with E-state index in [-0.39, 0.29) is 5.56 Å². The molecule has 0 aliphatic rings. The summed E-state index contributed by atoms with van der Waals surface area (Å²) >= 11 is 0. The predicted molar refractivity (Wildman–Crippen MR) is 75.8 cm³/mol. The van der Waals surface area contributed by atoms with Crippen LogP contribution < -0.4 is 5.56 Å². The number of rotatable bonds is 2. The molecule has 102 valence electrons. The average Bonchev–Trinajstić information content (AvgIpc) is 2.81. The molecule has 0 N–H and O–H groups in total. The van der Waals surface area contributed by atoms with Crippen LogP contribution in [0.25, 0.3) is 10.9 Å². The molecule has 0 fully saturated rings. The average molecular weight is 269 g/mol. The third-order valence-electron chi connectivity index (χ3n) is 3.39. The van der Waals surface area contributed by atoms with Gasteiger partial charge in [0.25, 0.3) is 5.56 Å². The number of benzene rings is 1. The van der Waals surface area contributed by atoms with E-state index in [1.807, 2.05) is 38.1 Å². The fraction of sp³-hybridized carbons (Fsp3) is 0.267. The normalized spacial score (nSPS) is 11.2. The zero-order valence-electron chi connectivity index (χ0n) is 11.7. The lowest BCUT2D eigenvalue weighted by molar-refractivity contribution is 0.405. The molecular formula is C15H15N3O2. The van der Waals surface area contributed by atoms with Crippen LogP contribution in [0.4, 0.5) is 0 Å². The van der Waals surface area contributed by atoms with Crippen molar-refractivity contribution in [1.29, 1.82) is 0 Å². The lowest BCUT2D eigenvalue weighted by Gasteiger charge is -2.06. The van der Waals surface area contributed by atoms with Gasteiger partial charge in [-0.2, -0.15) is 5.10 Å². The molecule has 0 unspecified atom stereocenters. The van der Waals surface area contributed by atoms with Crippen LogP contribution >= 0.6 is 0 Å². The second kappa shape index (κ2) is 4.59.